The van der Waals surface area contributed by atoms with Crippen molar-refractivity contribution in [3.05, 3.63) is 58.6 Å². The first-order valence-corrected chi connectivity index (χ1v) is 9.37. The van der Waals surface area contributed by atoms with Crippen molar-refractivity contribution >= 4 is 33.2 Å². The highest BCUT2D eigenvalue weighted by Crippen LogP contribution is 2.25. The number of halogens is 1. The summed E-state index contributed by atoms with van der Waals surface area (Å²) in [6.45, 7) is 4.27. The number of anilines is 1. The molecular weight excluding hydrogens is 348 g/mol. The van der Waals surface area contributed by atoms with Crippen LogP contribution in [0.15, 0.2) is 47.4 Å². The minimum absolute atomic E-state index is 0.0777. The molecule has 0 fully saturated rings. The van der Waals surface area contributed by atoms with E-state index in [1.54, 1.807) is 25.1 Å². The molecule has 5 nitrogen and oxygen atoms in total. The molecule has 0 unspecified atom stereocenters. The van der Waals surface area contributed by atoms with Crippen molar-refractivity contribution in [2.75, 3.05) is 11.3 Å². The maximum atomic E-state index is 12.5. The zero-order valence-electron chi connectivity index (χ0n) is 13.5. The summed E-state index contributed by atoms with van der Waals surface area (Å²) in [6, 6.07) is 10.8. The van der Waals surface area contributed by atoms with E-state index in [2.05, 4.69) is 10.0 Å². The second kappa shape index (κ2) is 7.68. The molecule has 0 heterocycles. The van der Waals surface area contributed by atoms with Crippen molar-refractivity contribution in [2.45, 2.75) is 25.2 Å². The summed E-state index contributed by atoms with van der Waals surface area (Å²) in [5.41, 5.74) is 1.49. The molecule has 2 aromatic rings. The molecule has 0 bridgehead atoms. The van der Waals surface area contributed by atoms with Gasteiger partial charge >= 0.3 is 0 Å². The van der Waals surface area contributed by atoms with Crippen molar-refractivity contribution in [2.24, 2.45) is 0 Å². The molecule has 128 valence electrons. The van der Waals surface area contributed by atoms with Gasteiger partial charge in [0.25, 0.3) is 15.9 Å². The number of nitrogens with one attached hydrogen (secondary N) is 2. The Kier molecular flexibility index (Phi) is 5.85. The van der Waals surface area contributed by atoms with Crippen LogP contribution in [-0.2, 0) is 10.0 Å². The van der Waals surface area contributed by atoms with Crippen LogP contribution in [-0.4, -0.2) is 20.9 Å². The summed E-state index contributed by atoms with van der Waals surface area (Å²) < 4.78 is 27.4. The molecule has 0 spiro atoms. The van der Waals surface area contributed by atoms with E-state index in [-0.39, 0.29) is 10.8 Å². The maximum Gasteiger partial charge on any atom is 0.261 e. The lowest BCUT2D eigenvalue weighted by Gasteiger charge is -2.12. The molecule has 0 saturated heterocycles. The van der Waals surface area contributed by atoms with Gasteiger partial charge in [0, 0.05) is 17.1 Å². The van der Waals surface area contributed by atoms with Gasteiger partial charge < -0.3 is 5.32 Å². The van der Waals surface area contributed by atoms with Crippen LogP contribution in [0.5, 0.6) is 0 Å². The van der Waals surface area contributed by atoms with Crippen LogP contribution in [0, 0.1) is 6.92 Å². The lowest BCUT2D eigenvalue weighted by molar-refractivity contribution is 0.0953. The molecule has 0 aliphatic rings. The van der Waals surface area contributed by atoms with Crippen LogP contribution < -0.4 is 10.0 Å². The Morgan fingerprint density at radius 2 is 1.79 bits per heavy atom. The average molecular weight is 367 g/mol. The van der Waals surface area contributed by atoms with Crippen molar-refractivity contribution in [1.82, 2.24) is 5.32 Å². The number of amides is 1. The van der Waals surface area contributed by atoms with Gasteiger partial charge in [0.05, 0.1) is 10.6 Å². The molecular formula is C17H19ClN2O3S. The Balaban J connectivity index is 2.21. The normalized spacial score (nSPS) is 11.1. The highest BCUT2D eigenvalue weighted by atomic mass is 35.5. The molecule has 1 amide bonds. The Morgan fingerprint density at radius 1 is 1.12 bits per heavy atom. The third kappa shape index (κ3) is 4.27. The van der Waals surface area contributed by atoms with Gasteiger partial charge in [-0.15, -0.1) is 0 Å². The number of hydrogen-bond acceptors (Lipinski definition) is 3. The van der Waals surface area contributed by atoms with E-state index >= 15 is 0 Å². The Hall–Kier alpha value is -2.05. The third-order valence-corrected chi connectivity index (χ3v) is 5.27. The summed E-state index contributed by atoms with van der Waals surface area (Å²) in [5.74, 6) is -0.223. The zero-order valence-corrected chi connectivity index (χ0v) is 15.0. The van der Waals surface area contributed by atoms with E-state index in [1.807, 2.05) is 6.92 Å². The monoisotopic (exact) mass is 366 g/mol. The first kappa shape index (κ1) is 18.3. The van der Waals surface area contributed by atoms with Crippen molar-refractivity contribution in [3.8, 4) is 0 Å². The minimum Gasteiger partial charge on any atom is -0.352 e. The van der Waals surface area contributed by atoms with Crippen LogP contribution >= 0.6 is 11.6 Å². The highest BCUT2D eigenvalue weighted by Gasteiger charge is 2.16. The number of rotatable bonds is 6. The lowest BCUT2D eigenvalue weighted by Crippen LogP contribution is -2.24. The average Bonchev–Trinajstić information content (AvgIpc) is 2.57. The smallest absolute Gasteiger partial charge is 0.261 e. The topological polar surface area (TPSA) is 75.3 Å². The quantitative estimate of drug-likeness (QED) is 0.820. The van der Waals surface area contributed by atoms with Crippen molar-refractivity contribution in [1.29, 1.82) is 0 Å². The molecule has 0 radical (unpaired) electrons. The lowest BCUT2D eigenvalue weighted by atomic mass is 10.2. The van der Waals surface area contributed by atoms with Gasteiger partial charge in [0.1, 0.15) is 0 Å². The first-order valence-electron chi connectivity index (χ1n) is 7.51. The van der Waals surface area contributed by atoms with E-state index in [9.17, 15) is 13.2 Å². The first-order chi connectivity index (χ1) is 11.3. The number of benzene rings is 2. The summed E-state index contributed by atoms with van der Waals surface area (Å²) in [5, 5.41) is 3.23. The predicted molar refractivity (Wildman–Crippen MR) is 96.1 cm³/mol. The van der Waals surface area contributed by atoms with Gasteiger partial charge in [-0.1, -0.05) is 24.6 Å². The van der Waals surface area contributed by atoms with E-state index < -0.39 is 10.0 Å². The van der Waals surface area contributed by atoms with Gasteiger partial charge in [-0.2, -0.15) is 0 Å². The van der Waals surface area contributed by atoms with Gasteiger partial charge in [0.2, 0.25) is 0 Å². The number of carbonyl (C=O) groups is 1. The second-order valence-corrected chi connectivity index (χ2v) is 7.39. The molecule has 2 rings (SSSR count). The van der Waals surface area contributed by atoms with Crippen LogP contribution in [0.4, 0.5) is 5.69 Å². The fraction of sp³-hybridized carbons (Fsp3) is 0.235. The third-order valence-electron chi connectivity index (χ3n) is 3.47. The second-order valence-electron chi connectivity index (χ2n) is 5.30. The van der Waals surface area contributed by atoms with Gasteiger partial charge in [-0.25, -0.2) is 8.42 Å². The molecule has 0 atom stereocenters. The number of hydrogen-bond donors (Lipinski definition) is 2. The van der Waals surface area contributed by atoms with E-state index in [0.29, 0.717) is 28.4 Å². The Labute approximate surface area is 147 Å². The fourth-order valence-electron chi connectivity index (χ4n) is 2.05. The standard InChI is InChI=1S/C17H19ClN2O3S/c1-3-11-19-17(21)13-7-9-14(10-8-13)24(22,23)20-16-6-4-5-15(18)12(16)2/h4-10,20H,3,11H2,1-2H3,(H,19,21). The summed E-state index contributed by atoms with van der Waals surface area (Å²) >= 11 is 6.01. The Bertz CT molecular complexity index is 833. The van der Waals surface area contributed by atoms with E-state index in [0.717, 1.165) is 6.42 Å². The zero-order chi connectivity index (χ0) is 17.7. The number of carbonyl (C=O) groups excluding carboxylic acids is 1. The molecule has 2 N–H and O–H groups in total. The molecule has 7 heteroatoms. The van der Waals surface area contributed by atoms with E-state index in [1.165, 1.54) is 24.3 Å². The van der Waals surface area contributed by atoms with Crippen molar-refractivity contribution < 1.29 is 13.2 Å². The molecule has 0 aliphatic carbocycles. The maximum absolute atomic E-state index is 12.5. The largest absolute Gasteiger partial charge is 0.352 e. The van der Waals surface area contributed by atoms with Gasteiger partial charge in [-0.05, 0) is 55.3 Å². The summed E-state index contributed by atoms with van der Waals surface area (Å²) in [4.78, 5) is 11.9. The van der Waals surface area contributed by atoms with Crippen molar-refractivity contribution in [3.63, 3.8) is 0 Å². The summed E-state index contributed by atoms with van der Waals surface area (Å²) in [6.07, 6.45) is 0.834. The van der Waals surface area contributed by atoms with Crippen LogP contribution in [0.1, 0.15) is 29.3 Å². The molecule has 24 heavy (non-hydrogen) atoms. The van der Waals surface area contributed by atoms with Gasteiger partial charge in [-0.3, -0.25) is 9.52 Å². The van der Waals surface area contributed by atoms with Crippen LogP contribution in [0.2, 0.25) is 5.02 Å². The molecule has 2 aromatic carbocycles. The molecule has 0 aliphatic heterocycles. The summed E-state index contributed by atoms with van der Waals surface area (Å²) in [7, 11) is -3.75. The van der Waals surface area contributed by atoms with E-state index in [4.69, 9.17) is 11.6 Å². The molecule has 0 saturated carbocycles. The Morgan fingerprint density at radius 3 is 2.42 bits per heavy atom. The minimum atomic E-state index is -3.75. The highest BCUT2D eigenvalue weighted by molar-refractivity contribution is 7.92. The van der Waals surface area contributed by atoms with Crippen LogP contribution in [0.25, 0.3) is 0 Å². The predicted octanol–water partition coefficient (Wildman–Crippen LogP) is 3.59. The van der Waals surface area contributed by atoms with Crippen LogP contribution in [0.3, 0.4) is 0 Å². The number of sulfonamides is 1. The SMILES string of the molecule is CCCNC(=O)c1ccc(S(=O)(=O)Nc2cccc(Cl)c2C)cc1. The van der Waals surface area contributed by atoms with Gasteiger partial charge in [0.15, 0.2) is 0 Å². The molecule has 0 aromatic heterocycles. The fourth-order valence-corrected chi connectivity index (χ4v) is 3.35.